The molecule has 4 atom stereocenters. The fraction of sp³-hybridized carbons (Fsp3) is 0.179. The molecule has 2 saturated heterocycles. The van der Waals surface area contributed by atoms with Gasteiger partial charge in [0.25, 0.3) is 5.69 Å². The van der Waals surface area contributed by atoms with E-state index in [1.807, 2.05) is 41.3 Å². The van der Waals surface area contributed by atoms with Crippen LogP contribution in [0, 0.1) is 22.0 Å². The monoisotopic (exact) mass is 495 g/mol. The van der Waals surface area contributed by atoms with Crippen molar-refractivity contribution in [1.82, 2.24) is 0 Å². The van der Waals surface area contributed by atoms with E-state index in [9.17, 15) is 24.5 Å². The maximum absolute atomic E-state index is 14.0. The lowest BCUT2D eigenvalue weighted by atomic mass is 9.86. The molecule has 0 aliphatic carbocycles. The van der Waals surface area contributed by atoms with Crippen LogP contribution in [0.4, 0.5) is 17.1 Å². The van der Waals surface area contributed by atoms with Crippen molar-refractivity contribution in [1.29, 1.82) is 0 Å². The summed E-state index contributed by atoms with van der Waals surface area (Å²) < 4.78 is 5.35. The van der Waals surface area contributed by atoms with Crippen molar-refractivity contribution in [2.75, 3.05) is 16.9 Å². The lowest BCUT2D eigenvalue weighted by Crippen LogP contribution is -2.48. The number of para-hydroxylation sites is 1. The molecule has 0 bridgehead atoms. The summed E-state index contributed by atoms with van der Waals surface area (Å²) in [6.07, 6.45) is 3.76. The Morgan fingerprint density at radius 1 is 0.919 bits per heavy atom. The van der Waals surface area contributed by atoms with Crippen molar-refractivity contribution in [2.24, 2.45) is 11.8 Å². The topological polar surface area (TPSA) is 110 Å². The number of rotatable bonds is 5. The van der Waals surface area contributed by atoms with Crippen molar-refractivity contribution >= 4 is 40.7 Å². The minimum Gasteiger partial charge on any atom is -0.495 e. The largest absolute Gasteiger partial charge is 0.495 e. The van der Waals surface area contributed by atoms with E-state index in [0.717, 1.165) is 22.2 Å². The van der Waals surface area contributed by atoms with Gasteiger partial charge in [-0.3, -0.25) is 24.5 Å². The van der Waals surface area contributed by atoms with Gasteiger partial charge in [0.05, 0.1) is 29.9 Å². The van der Waals surface area contributed by atoms with Crippen molar-refractivity contribution in [3.63, 3.8) is 0 Å². The number of carbonyl (C=O) groups excluding carboxylic acids is 3. The SMILES string of the molecule is COc1ccc([N+](=O)[O-])cc1N1C(=O)[C@@H]2[C@H](C1=O)[C@H](C(=O)c1ccccc1)N1c3ccccc3C=C[C@@H]21. The third kappa shape index (κ3) is 3.27. The predicted octanol–water partition coefficient (Wildman–Crippen LogP) is 3.88. The zero-order valence-corrected chi connectivity index (χ0v) is 19.7. The summed E-state index contributed by atoms with van der Waals surface area (Å²) in [5, 5.41) is 11.4. The number of ether oxygens (including phenoxy) is 1. The number of benzene rings is 3. The second-order valence-electron chi connectivity index (χ2n) is 9.17. The molecule has 3 aliphatic heterocycles. The molecule has 0 spiro atoms. The quantitative estimate of drug-likeness (QED) is 0.229. The Hall–Kier alpha value is -4.79. The third-order valence-corrected chi connectivity index (χ3v) is 7.36. The Balaban J connectivity index is 1.51. The number of hydrogen-bond acceptors (Lipinski definition) is 7. The number of anilines is 2. The van der Waals surface area contributed by atoms with Crippen LogP contribution in [0.15, 0.2) is 78.9 Å². The van der Waals surface area contributed by atoms with Gasteiger partial charge in [-0.2, -0.15) is 0 Å². The second kappa shape index (κ2) is 8.41. The summed E-state index contributed by atoms with van der Waals surface area (Å²) >= 11 is 0. The zero-order chi connectivity index (χ0) is 25.8. The van der Waals surface area contributed by atoms with Gasteiger partial charge in [0.2, 0.25) is 11.8 Å². The summed E-state index contributed by atoms with van der Waals surface area (Å²) in [5.41, 5.74) is 1.82. The van der Waals surface area contributed by atoms with Crippen LogP contribution in [-0.4, -0.2) is 41.7 Å². The summed E-state index contributed by atoms with van der Waals surface area (Å²) in [4.78, 5) is 55.6. The van der Waals surface area contributed by atoms with E-state index in [0.29, 0.717) is 5.56 Å². The van der Waals surface area contributed by atoms with E-state index in [4.69, 9.17) is 4.74 Å². The van der Waals surface area contributed by atoms with Crippen molar-refractivity contribution < 1.29 is 24.0 Å². The number of fused-ring (bicyclic) bond motifs is 5. The molecule has 2 amide bonds. The molecule has 3 aliphatic rings. The molecular formula is C28H21N3O6. The highest BCUT2D eigenvalue weighted by Crippen LogP contribution is 2.51. The van der Waals surface area contributed by atoms with Gasteiger partial charge in [0.15, 0.2) is 5.78 Å². The molecule has 3 heterocycles. The molecule has 0 unspecified atom stereocenters. The normalized spacial score (nSPS) is 23.5. The number of non-ortho nitro benzene ring substituents is 1. The summed E-state index contributed by atoms with van der Waals surface area (Å²) in [5.74, 6) is -3.04. The van der Waals surface area contributed by atoms with Crippen LogP contribution >= 0.6 is 0 Å². The number of imide groups is 1. The number of nitro benzene ring substituents is 1. The van der Waals surface area contributed by atoms with Crippen LogP contribution in [0.1, 0.15) is 15.9 Å². The average molecular weight is 495 g/mol. The molecule has 3 aromatic rings. The molecule has 0 radical (unpaired) electrons. The van der Waals surface area contributed by atoms with E-state index in [1.165, 1.54) is 19.2 Å². The second-order valence-corrected chi connectivity index (χ2v) is 9.17. The number of nitrogens with zero attached hydrogens (tertiary/aromatic N) is 3. The van der Waals surface area contributed by atoms with Gasteiger partial charge < -0.3 is 9.64 Å². The fourth-order valence-corrected chi connectivity index (χ4v) is 5.79. The van der Waals surface area contributed by atoms with Gasteiger partial charge in [-0.25, -0.2) is 4.90 Å². The van der Waals surface area contributed by atoms with Crippen molar-refractivity contribution in [3.8, 4) is 5.75 Å². The average Bonchev–Trinajstić information content (AvgIpc) is 3.40. The molecule has 9 heteroatoms. The van der Waals surface area contributed by atoms with Crippen molar-refractivity contribution in [2.45, 2.75) is 12.1 Å². The van der Waals surface area contributed by atoms with Gasteiger partial charge >= 0.3 is 0 Å². The molecule has 37 heavy (non-hydrogen) atoms. The summed E-state index contributed by atoms with van der Waals surface area (Å²) in [6, 6.07) is 18.5. The lowest BCUT2D eigenvalue weighted by molar-refractivity contribution is -0.384. The van der Waals surface area contributed by atoms with E-state index in [2.05, 4.69) is 0 Å². The zero-order valence-electron chi connectivity index (χ0n) is 19.7. The van der Waals surface area contributed by atoms with Crippen LogP contribution in [0.25, 0.3) is 6.08 Å². The molecule has 0 saturated carbocycles. The maximum atomic E-state index is 14.0. The first-order valence-electron chi connectivity index (χ1n) is 11.8. The number of ketones is 1. The molecule has 184 valence electrons. The van der Waals surface area contributed by atoms with Crippen LogP contribution < -0.4 is 14.5 Å². The molecular weight excluding hydrogens is 474 g/mol. The molecule has 9 nitrogen and oxygen atoms in total. The van der Waals surface area contributed by atoms with E-state index < -0.39 is 40.7 Å². The van der Waals surface area contributed by atoms with Crippen LogP contribution in [0.5, 0.6) is 5.75 Å². The van der Waals surface area contributed by atoms with E-state index >= 15 is 0 Å². The van der Waals surface area contributed by atoms with E-state index in [-0.39, 0.29) is 22.9 Å². The van der Waals surface area contributed by atoms with Crippen LogP contribution in [-0.2, 0) is 9.59 Å². The number of amides is 2. The smallest absolute Gasteiger partial charge is 0.271 e. The van der Waals surface area contributed by atoms with Gasteiger partial charge in [0.1, 0.15) is 17.5 Å². The number of nitro groups is 1. The first kappa shape index (κ1) is 22.7. The molecule has 3 aromatic carbocycles. The molecule has 2 fully saturated rings. The molecule has 6 rings (SSSR count). The van der Waals surface area contributed by atoms with Crippen LogP contribution in [0.2, 0.25) is 0 Å². The molecule has 0 aromatic heterocycles. The highest BCUT2D eigenvalue weighted by Gasteiger charge is 2.64. The number of Topliss-reactive ketones (excluding diaryl/α,β-unsaturated/α-hetero) is 1. The predicted molar refractivity (Wildman–Crippen MR) is 135 cm³/mol. The third-order valence-electron chi connectivity index (χ3n) is 7.36. The Morgan fingerprint density at radius 2 is 1.62 bits per heavy atom. The van der Waals surface area contributed by atoms with E-state index in [1.54, 1.807) is 30.3 Å². The Labute approximate surface area is 211 Å². The lowest BCUT2D eigenvalue weighted by Gasteiger charge is -2.36. The number of methoxy groups -OCH3 is 1. The Morgan fingerprint density at radius 3 is 2.35 bits per heavy atom. The Kier molecular flexibility index (Phi) is 5.15. The number of carbonyl (C=O) groups is 3. The number of hydrogen-bond donors (Lipinski definition) is 0. The minimum absolute atomic E-state index is 0.00116. The molecule has 0 N–H and O–H groups in total. The summed E-state index contributed by atoms with van der Waals surface area (Å²) in [7, 11) is 1.36. The first-order chi connectivity index (χ1) is 17.9. The highest BCUT2D eigenvalue weighted by atomic mass is 16.6. The Bertz CT molecular complexity index is 1500. The van der Waals surface area contributed by atoms with Crippen molar-refractivity contribution in [3.05, 3.63) is 100 Å². The van der Waals surface area contributed by atoms with Crippen LogP contribution in [0.3, 0.4) is 0 Å². The standard InChI is InChI=1S/C28H21N3O6/c1-37-22-14-12-18(31(35)36)15-21(22)30-27(33)23-20-13-11-16-7-5-6-10-19(16)29(20)25(24(23)28(30)34)26(32)17-8-3-2-4-9-17/h2-15,20,23-25H,1H3/t20-,23-,24-,25+/m0/s1. The van der Waals surface area contributed by atoms with Gasteiger partial charge in [-0.05, 0) is 17.7 Å². The minimum atomic E-state index is -0.981. The van der Waals surface area contributed by atoms with Gasteiger partial charge in [-0.1, -0.05) is 60.7 Å². The fourth-order valence-electron chi connectivity index (χ4n) is 5.79. The maximum Gasteiger partial charge on any atom is 0.271 e. The summed E-state index contributed by atoms with van der Waals surface area (Å²) in [6.45, 7) is 0. The van der Waals surface area contributed by atoms with Gasteiger partial charge in [-0.15, -0.1) is 0 Å². The first-order valence-corrected chi connectivity index (χ1v) is 11.8. The highest BCUT2D eigenvalue weighted by molar-refractivity contribution is 6.26. The van der Waals surface area contributed by atoms with Gasteiger partial charge in [0, 0.05) is 23.4 Å².